The Morgan fingerprint density at radius 1 is 1.40 bits per heavy atom. The summed E-state index contributed by atoms with van der Waals surface area (Å²) in [5.41, 5.74) is 1.11. The van der Waals surface area contributed by atoms with Crippen molar-refractivity contribution in [1.82, 2.24) is 14.9 Å². The van der Waals surface area contributed by atoms with Crippen molar-refractivity contribution in [3.05, 3.63) is 48.3 Å². The van der Waals surface area contributed by atoms with Crippen molar-refractivity contribution in [1.29, 1.82) is 0 Å². The lowest BCUT2D eigenvalue weighted by molar-refractivity contribution is -0.119. The highest BCUT2D eigenvalue weighted by atomic mass is 32.2. The summed E-state index contributed by atoms with van der Waals surface area (Å²) in [6.07, 6.45) is 3.68. The number of aryl methyl sites for hydroxylation is 1. The molecule has 1 heterocycles. The van der Waals surface area contributed by atoms with E-state index < -0.39 is 0 Å². The Bertz CT molecular complexity index is 553. The van der Waals surface area contributed by atoms with Crippen LogP contribution in [0, 0.1) is 0 Å². The van der Waals surface area contributed by atoms with Crippen molar-refractivity contribution in [2.75, 3.05) is 5.75 Å². The summed E-state index contributed by atoms with van der Waals surface area (Å²) in [6.45, 7) is 4.92. The number of benzene rings is 1. The zero-order valence-corrected chi connectivity index (χ0v) is 12.6. The van der Waals surface area contributed by atoms with E-state index >= 15 is 0 Å². The fourth-order valence-electron chi connectivity index (χ4n) is 1.91. The number of hydrogen-bond acceptors (Lipinski definition) is 3. The third kappa shape index (κ3) is 3.87. The molecule has 2 aromatic rings. The molecule has 0 aliphatic rings. The van der Waals surface area contributed by atoms with Gasteiger partial charge in [-0.15, -0.1) is 0 Å². The number of aromatic nitrogens is 2. The molecule has 1 unspecified atom stereocenters. The molecule has 0 spiro atoms. The molecule has 1 aromatic heterocycles. The summed E-state index contributed by atoms with van der Waals surface area (Å²) in [5.74, 6) is 0.408. The second-order valence-corrected chi connectivity index (χ2v) is 5.43. The Labute approximate surface area is 123 Å². The van der Waals surface area contributed by atoms with Gasteiger partial charge in [-0.05, 0) is 19.4 Å². The van der Waals surface area contributed by atoms with Crippen molar-refractivity contribution < 1.29 is 4.79 Å². The first kappa shape index (κ1) is 14.7. The third-order valence-electron chi connectivity index (χ3n) is 3.03. The molecule has 5 heteroatoms. The molecule has 4 nitrogen and oxygen atoms in total. The zero-order valence-electron chi connectivity index (χ0n) is 11.7. The van der Waals surface area contributed by atoms with Crippen LogP contribution >= 0.6 is 11.8 Å². The lowest BCUT2D eigenvalue weighted by Crippen LogP contribution is -2.28. The van der Waals surface area contributed by atoms with E-state index in [0.717, 1.165) is 17.3 Å². The molecule has 0 aliphatic heterocycles. The first-order chi connectivity index (χ1) is 9.70. The fourth-order valence-corrected chi connectivity index (χ4v) is 2.75. The van der Waals surface area contributed by atoms with E-state index in [-0.39, 0.29) is 11.9 Å². The molecule has 0 aliphatic carbocycles. The minimum Gasteiger partial charge on any atom is -0.349 e. The van der Waals surface area contributed by atoms with E-state index in [4.69, 9.17) is 0 Å². The van der Waals surface area contributed by atoms with E-state index in [9.17, 15) is 4.79 Å². The SMILES string of the molecule is CCn1ccnc1SCC(=O)NC(C)c1ccccc1. The van der Waals surface area contributed by atoms with Gasteiger partial charge in [-0.1, -0.05) is 42.1 Å². The molecule has 0 radical (unpaired) electrons. The Morgan fingerprint density at radius 2 is 2.15 bits per heavy atom. The molecule has 0 saturated heterocycles. The van der Waals surface area contributed by atoms with Gasteiger partial charge in [-0.3, -0.25) is 4.79 Å². The summed E-state index contributed by atoms with van der Waals surface area (Å²) in [7, 11) is 0. The Balaban J connectivity index is 1.84. The largest absolute Gasteiger partial charge is 0.349 e. The van der Waals surface area contributed by atoms with Crippen molar-refractivity contribution in [2.45, 2.75) is 31.6 Å². The molecule has 0 bridgehead atoms. The molecule has 1 amide bonds. The standard InChI is InChI=1S/C15H19N3OS/c1-3-18-10-9-16-15(18)20-11-14(19)17-12(2)13-7-5-4-6-8-13/h4-10,12H,3,11H2,1-2H3,(H,17,19). The monoisotopic (exact) mass is 289 g/mol. The van der Waals surface area contributed by atoms with Gasteiger partial charge in [0.05, 0.1) is 11.8 Å². The van der Waals surface area contributed by atoms with E-state index in [1.165, 1.54) is 11.8 Å². The molecule has 1 aromatic carbocycles. The van der Waals surface area contributed by atoms with Crippen LogP contribution in [0.1, 0.15) is 25.5 Å². The highest BCUT2D eigenvalue weighted by molar-refractivity contribution is 7.99. The maximum absolute atomic E-state index is 12.0. The van der Waals surface area contributed by atoms with E-state index in [1.54, 1.807) is 6.20 Å². The molecule has 1 atom stereocenters. The van der Waals surface area contributed by atoms with Gasteiger partial charge in [0.1, 0.15) is 0 Å². The summed E-state index contributed by atoms with van der Waals surface area (Å²) in [5, 5.41) is 3.88. The highest BCUT2D eigenvalue weighted by Crippen LogP contribution is 2.16. The lowest BCUT2D eigenvalue weighted by atomic mass is 10.1. The van der Waals surface area contributed by atoms with Gasteiger partial charge >= 0.3 is 0 Å². The lowest BCUT2D eigenvalue weighted by Gasteiger charge is -2.14. The van der Waals surface area contributed by atoms with Gasteiger partial charge < -0.3 is 9.88 Å². The molecular weight excluding hydrogens is 270 g/mol. The normalized spacial score (nSPS) is 12.1. The topological polar surface area (TPSA) is 46.9 Å². The molecule has 20 heavy (non-hydrogen) atoms. The molecule has 0 saturated carbocycles. The minimum atomic E-state index is 0.0234. The van der Waals surface area contributed by atoms with E-state index in [2.05, 4.69) is 17.2 Å². The smallest absolute Gasteiger partial charge is 0.230 e. The second-order valence-electron chi connectivity index (χ2n) is 4.48. The summed E-state index contributed by atoms with van der Waals surface area (Å²) < 4.78 is 2.03. The van der Waals surface area contributed by atoms with Crippen LogP contribution in [0.4, 0.5) is 0 Å². The van der Waals surface area contributed by atoms with Crippen LogP contribution in [0.5, 0.6) is 0 Å². The first-order valence-electron chi connectivity index (χ1n) is 6.69. The van der Waals surface area contributed by atoms with Crippen molar-refractivity contribution in [3.63, 3.8) is 0 Å². The molecule has 2 rings (SSSR count). The van der Waals surface area contributed by atoms with Crippen LogP contribution in [-0.2, 0) is 11.3 Å². The first-order valence-corrected chi connectivity index (χ1v) is 7.67. The number of nitrogens with zero attached hydrogens (tertiary/aromatic N) is 2. The quantitative estimate of drug-likeness (QED) is 0.832. The number of hydrogen-bond donors (Lipinski definition) is 1. The van der Waals surface area contributed by atoms with E-state index in [0.29, 0.717) is 5.75 Å². The predicted octanol–water partition coefficient (Wildman–Crippen LogP) is 2.87. The summed E-state index contributed by atoms with van der Waals surface area (Å²) in [4.78, 5) is 16.2. The molecular formula is C15H19N3OS. The van der Waals surface area contributed by atoms with Gasteiger partial charge in [0.25, 0.3) is 0 Å². The highest BCUT2D eigenvalue weighted by Gasteiger charge is 2.11. The number of imidazole rings is 1. The average molecular weight is 289 g/mol. The fraction of sp³-hybridized carbons (Fsp3) is 0.333. The number of nitrogens with one attached hydrogen (secondary N) is 1. The minimum absolute atomic E-state index is 0.0234. The predicted molar refractivity (Wildman–Crippen MR) is 81.6 cm³/mol. The average Bonchev–Trinajstić information content (AvgIpc) is 2.93. The third-order valence-corrected chi connectivity index (χ3v) is 4.03. The number of carbonyl (C=O) groups is 1. The van der Waals surface area contributed by atoms with E-state index in [1.807, 2.05) is 48.0 Å². The number of amides is 1. The summed E-state index contributed by atoms with van der Waals surface area (Å²) in [6, 6.07) is 9.98. The number of thioether (sulfide) groups is 1. The van der Waals surface area contributed by atoms with Crippen molar-refractivity contribution in [3.8, 4) is 0 Å². The Morgan fingerprint density at radius 3 is 2.85 bits per heavy atom. The van der Waals surface area contributed by atoms with Crippen LogP contribution < -0.4 is 5.32 Å². The number of carbonyl (C=O) groups excluding carboxylic acids is 1. The summed E-state index contributed by atoms with van der Waals surface area (Å²) >= 11 is 1.46. The molecule has 106 valence electrons. The molecule has 1 N–H and O–H groups in total. The van der Waals surface area contributed by atoms with Crippen LogP contribution in [0.15, 0.2) is 47.9 Å². The number of rotatable bonds is 6. The van der Waals surface area contributed by atoms with Gasteiger partial charge in [0, 0.05) is 18.9 Å². The Kier molecular flexibility index (Phi) is 5.24. The second kappa shape index (κ2) is 7.14. The zero-order chi connectivity index (χ0) is 14.4. The van der Waals surface area contributed by atoms with Gasteiger partial charge in [-0.2, -0.15) is 0 Å². The van der Waals surface area contributed by atoms with Crippen LogP contribution in [-0.4, -0.2) is 21.2 Å². The van der Waals surface area contributed by atoms with Gasteiger partial charge in [0.2, 0.25) is 5.91 Å². The van der Waals surface area contributed by atoms with Gasteiger partial charge in [-0.25, -0.2) is 4.98 Å². The maximum Gasteiger partial charge on any atom is 0.230 e. The van der Waals surface area contributed by atoms with Crippen LogP contribution in [0.3, 0.4) is 0 Å². The van der Waals surface area contributed by atoms with Crippen LogP contribution in [0.2, 0.25) is 0 Å². The maximum atomic E-state index is 12.0. The van der Waals surface area contributed by atoms with Crippen LogP contribution in [0.25, 0.3) is 0 Å². The Hall–Kier alpha value is -1.75. The van der Waals surface area contributed by atoms with Gasteiger partial charge in [0.15, 0.2) is 5.16 Å². The van der Waals surface area contributed by atoms with Crippen molar-refractivity contribution in [2.24, 2.45) is 0 Å². The van der Waals surface area contributed by atoms with Crippen molar-refractivity contribution >= 4 is 17.7 Å². The molecule has 0 fully saturated rings.